The van der Waals surface area contributed by atoms with Crippen molar-refractivity contribution >= 4 is 17.8 Å². The normalized spacial score (nSPS) is 12.8. The van der Waals surface area contributed by atoms with Gasteiger partial charge in [-0.15, -0.1) is 0 Å². The van der Waals surface area contributed by atoms with Crippen LogP contribution in [0.4, 0.5) is 10.1 Å². The van der Waals surface area contributed by atoms with Gasteiger partial charge in [-0.05, 0) is 29.8 Å². The first kappa shape index (κ1) is 13.1. The molecule has 3 rings (SSSR count). The quantitative estimate of drug-likeness (QED) is 0.491. The number of nitrogens with zero attached hydrogens (tertiary/aromatic N) is 1. The van der Waals surface area contributed by atoms with E-state index >= 15 is 0 Å². The summed E-state index contributed by atoms with van der Waals surface area (Å²) in [6.07, 6.45) is 3.26. The maximum Gasteiger partial charge on any atom is 0.280 e. The van der Waals surface area contributed by atoms with E-state index in [2.05, 4.69) is 0 Å². The van der Waals surface area contributed by atoms with Crippen LogP contribution in [-0.2, 0) is 0 Å². The SMILES string of the molecule is O=[N+]([O-])c1cc2c(cc1/C=C/c1ccc(F)cc1)OCO2. The summed E-state index contributed by atoms with van der Waals surface area (Å²) in [7, 11) is 0. The lowest BCUT2D eigenvalue weighted by Gasteiger charge is -2.01. The van der Waals surface area contributed by atoms with Crippen molar-refractivity contribution in [3.8, 4) is 11.5 Å². The van der Waals surface area contributed by atoms with Crippen molar-refractivity contribution in [1.29, 1.82) is 0 Å². The number of halogens is 1. The van der Waals surface area contributed by atoms with Crippen LogP contribution in [0.1, 0.15) is 11.1 Å². The van der Waals surface area contributed by atoms with Gasteiger partial charge in [0.05, 0.1) is 16.6 Å². The van der Waals surface area contributed by atoms with Gasteiger partial charge >= 0.3 is 0 Å². The number of hydrogen-bond donors (Lipinski definition) is 0. The van der Waals surface area contributed by atoms with Gasteiger partial charge < -0.3 is 9.47 Å². The standard InChI is InChI=1S/C15H10FNO4/c16-12-5-2-10(3-6-12)1-4-11-7-14-15(21-9-20-14)8-13(11)17(18)19/h1-8H,9H2/b4-1+. The van der Waals surface area contributed by atoms with Crippen LogP contribution in [0.3, 0.4) is 0 Å². The predicted molar refractivity (Wildman–Crippen MR) is 74.5 cm³/mol. The minimum absolute atomic E-state index is 0.0532. The molecule has 0 bridgehead atoms. The van der Waals surface area contributed by atoms with Crippen molar-refractivity contribution in [2.75, 3.05) is 6.79 Å². The Bertz CT molecular complexity index is 725. The van der Waals surface area contributed by atoms with E-state index in [1.807, 2.05) is 0 Å². The summed E-state index contributed by atoms with van der Waals surface area (Å²) in [6, 6.07) is 8.73. The van der Waals surface area contributed by atoms with Gasteiger partial charge in [0.1, 0.15) is 5.82 Å². The number of hydrogen-bond acceptors (Lipinski definition) is 4. The van der Waals surface area contributed by atoms with Crippen LogP contribution < -0.4 is 9.47 Å². The average Bonchev–Trinajstić information content (AvgIpc) is 2.92. The van der Waals surface area contributed by atoms with E-state index in [1.54, 1.807) is 30.4 Å². The van der Waals surface area contributed by atoms with Crippen molar-refractivity contribution in [3.05, 3.63) is 63.5 Å². The Balaban J connectivity index is 1.97. The largest absolute Gasteiger partial charge is 0.454 e. The molecule has 0 saturated carbocycles. The van der Waals surface area contributed by atoms with Gasteiger partial charge in [0.15, 0.2) is 11.5 Å². The molecule has 0 fully saturated rings. The molecule has 0 saturated heterocycles. The number of nitro benzene ring substituents is 1. The van der Waals surface area contributed by atoms with Crippen molar-refractivity contribution in [2.45, 2.75) is 0 Å². The van der Waals surface area contributed by atoms with Crippen LogP contribution in [0, 0.1) is 15.9 Å². The summed E-state index contributed by atoms with van der Waals surface area (Å²) < 4.78 is 23.2. The second-order valence-corrected chi connectivity index (χ2v) is 4.41. The first-order valence-corrected chi connectivity index (χ1v) is 6.15. The summed E-state index contributed by atoms with van der Waals surface area (Å²) >= 11 is 0. The minimum atomic E-state index is -0.480. The lowest BCUT2D eigenvalue weighted by atomic mass is 10.1. The molecule has 5 nitrogen and oxygen atoms in total. The van der Waals surface area contributed by atoms with Crippen LogP contribution >= 0.6 is 0 Å². The molecule has 2 aromatic rings. The number of benzene rings is 2. The molecule has 0 atom stereocenters. The number of nitro groups is 1. The molecule has 106 valence electrons. The number of fused-ring (bicyclic) bond motifs is 1. The van der Waals surface area contributed by atoms with Crippen molar-refractivity contribution in [1.82, 2.24) is 0 Å². The zero-order valence-corrected chi connectivity index (χ0v) is 10.8. The third-order valence-electron chi connectivity index (χ3n) is 3.04. The maximum absolute atomic E-state index is 12.8. The van der Waals surface area contributed by atoms with E-state index in [1.165, 1.54) is 18.2 Å². The number of ether oxygens (including phenoxy) is 2. The van der Waals surface area contributed by atoms with Crippen LogP contribution in [0.5, 0.6) is 11.5 Å². The first-order chi connectivity index (χ1) is 10.1. The Hall–Kier alpha value is -2.89. The molecule has 0 unspecified atom stereocenters. The number of rotatable bonds is 3. The molecule has 1 aliphatic heterocycles. The van der Waals surface area contributed by atoms with E-state index in [-0.39, 0.29) is 18.3 Å². The van der Waals surface area contributed by atoms with Gasteiger partial charge in [0, 0.05) is 0 Å². The summed E-state index contributed by atoms with van der Waals surface area (Å²) in [5, 5.41) is 11.1. The van der Waals surface area contributed by atoms with Gasteiger partial charge in [0.2, 0.25) is 6.79 Å². The molecule has 0 aliphatic carbocycles. The summed E-state index contributed by atoms with van der Waals surface area (Å²) in [5.74, 6) is 0.501. The second kappa shape index (κ2) is 5.24. The molecular formula is C15H10FNO4. The van der Waals surface area contributed by atoms with E-state index in [9.17, 15) is 14.5 Å². The molecule has 0 aromatic heterocycles. The highest BCUT2D eigenvalue weighted by Gasteiger charge is 2.21. The van der Waals surface area contributed by atoms with Gasteiger partial charge in [0.25, 0.3) is 5.69 Å². The maximum atomic E-state index is 12.8. The van der Waals surface area contributed by atoms with Gasteiger partial charge in [-0.25, -0.2) is 4.39 Å². The molecule has 21 heavy (non-hydrogen) atoms. The summed E-state index contributed by atoms with van der Waals surface area (Å²) in [6.45, 7) is 0.0532. The summed E-state index contributed by atoms with van der Waals surface area (Å²) in [5.41, 5.74) is 1.06. The Labute approximate surface area is 119 Å². The zero-order valence-electron chi connectivity index (χ0n) is 10.8. The van der Waals surface area contributed by atoms with Crippen molar-refractivity contribution in [2.24, 2.45) is 0 Å². The topological polar surface area (TPSA) is 61.6 Å². The van der Waals surface area contributed by atoms with Crippen LogP contribution in [0.15, 0.2) is 36.4 Å². The highest BCUT2D eigenvalue weighted by Crippen LogP contribution is 2.38. The van der Waals surface area contributed by atoms with E-state index in [0.29, 0.717) is 17.1 Å². The predicted octanol–water partition coefficient (Wildman–Crippen LogP) is 3.63. The molecule has 0 spiro atoms. The van der Waals surface area contributed by atoms with Crippen molar-refractivity contribution < 1.29 is 18.8 Å². The Morgan fingerprint density at radius 3 is 2.43 bits per heavy atom. The minimum Gasteiger partial charge on any atom is -0.454 e. The van der Waals surface area contributed by atoms with E-state index < -0.39 is 4.92 Å². The summed E-state index contributed by atoms with van der Waals surface area (Å²) in [4.78, 5) is 10.6. The zero-order chi connectivity index (χ0) is 14.8. The fourth-order valence-electron chi connectivity index (χ4n) is 2.00. The van der Waals surface area contributed by atoms with Crippen LogP contribution in [-0.4, -0.2) is 11.7 Å². The molecule has 2 aromatic carbocycles. The molecule has 0 N–H and O–H groups in total. The third-order valence-corrected chi connectivity index (χ3v) is 3.04. The molecule has 0 radical (unpaired) electrons. The Morgan fingerprint density at radius 2 is 1.76 bits per heavy atom. The molecule has 0 amide bonds. The fourth-order valence-corrected chi connectivity index (χ4v) is 2.00. The van der Waals surface area contributed by atoms with Gasteiger partial charge in [-0.3, -0.25) is 10.1 Å². The van der Waals surface area contributed by atoms with Gasteiger partial charge in [-0.2, -0.15) is 0 Å². The highest BCUT2D eigenvalue weighted by molar-refractivity contribution is 5.76. The van der Waals surface area contributed by atoms with Gasteiger partial charge in [-0.1, -0.05) is 18.2 Å². The third kappa shape index (κ3) is 2.69. The van der Waals surface area contributed by atoms with E-state index in [4.69, 9.17) is 9.47 Å². The monoisotopic (exact) mass is 287 g/mol. The average molecular weight is 287 g/mol. The van der Waals surface area contributed by atoms with Crippen molar-refractivity contribution in [3.63, 3.8) is 0 Å². The molecule has 1 aliphatic rings. The van der Waals surface area contributed by atoms with Crippen LogP contribution in [0.2, 0.25) is 0 Å². The van der Waals surface area contributed by atoms with E-state index in [0.717, 1.165) is 5.56 Å². The first-order valence-electron chi connectivity index (χ1n) is 6.15. The Kier molecular flexibility index (Phi) is 3.27. The lowest BCUT2D eigenvalue weighted by molar-refractivity contribution is -0.385. The molecule has 1 heterocycles. The van der Waals surface area contributed by atoms with Crippen LogP contribution in [0.25, 0.3) is 12.2 Å². The highest BCUT2D eigenvalue weighted by atomic mass is 19.1. The Morgan fingerprint density at radius 1 is 1.10 bits per heavy atom. The fraction of sp³-hybridized carbons (Fsp3) is 0.0667. The molecule has 6 heteroatoms. The second-order valence-electron chi connectivity index (χ2n) is 4.41. The molecular weight excluding hydrogens is 277 g/mol. The smallest absolute Gasteiger partial charge is 0.280 e. The lowest BCUT2D eigenvalue weighted by Crippen LogP contribution is -1.93.